The van der Waals surface area contributed by atoms with Crippen LogP contribution in [0.4, 0.5) is 5.82 Å². The molecule has 0 aliphatic carbocycles. The maximum atomic E-state index is 13.1. The zero-order valence-corrected chi connectivity index (χ0v) is 21.1. The average molecular weight is 524 g/mol. The van der Waals surface area contributed by atoms with Gasteiger partial charge < -0.3 is 20.6 Å². The van der Waals surface area contributed by atoms with Gasteiger partial charge in [0.25, 0.3) is 5.91 Å². The van der Waals surface area contributed by atoms with E-state index in [-0.39, 0.29) is 41.3 Å². The molecule has 2 aliphatic heterocycles. The van der Waals surface area contributed by atoms with Crippen LogP contribution in [0, 0.1) is 0 Å². The van der Waals surface area contributed by atoms with Gasteiger partial charge in [0.05, 0.1) is 17.5 Å². The Labute approximate surface area is 221 Å². The molecule has 5 aromatic heterocycles. The molecule has 2 aliphatic rings. The third-order valence-corrected chi connectivity index (χ3v) is 7.85. The Kier molecular flexibility index (Phi) is 5.25. The van der Waals surface area contributed by atoms with Crippen molar-refractivity contribution in [2.75, 3.05) is 5.73 Å². The summed E-state index contributed by atoms with van der Waals surface area (Å²) in [5.74, 6) is 0.854. The van der Waals surface area contributed by atoms with Crippen LogP contribution in [0.3, 0.4) is 0 Å². The topological polar surface area (TPSA) is 177 Å². The third kappa shape index (κ3) is 3.68. The van der Waals surface area contributed by atoms with E-state index in [2.05, 4.69) is 35.2 Å². The summed E-state index contributed by atoms with van der Waals surface area (Å²) >= 11 is 0. The van der Waals surface area contributed by atoms with E-state index in [9.17, 15) is 9.59 Å². The summed E-state index contributed by atoms with van der Waals surface area (Å²) < 4.78 is 1.52. The molecule has 0 aromatic carbocycles. The number of H-pyrrole nitrogens is 2. The summed E-state index contributed by atoms with van der Waals surface area (Å²) in [5.41, 5.74) is 10.5. The second-order valence-electron chi connectivity index (χ2n) is 10.1. The number of fused-ring (bicyclic) bond motifs is 3. The standard InChI is InChI=1S/C26H25N11O2/c1-13(38)20-21(15-8-16-3-4-17(9-15)36(16)26(39)24-31-12-32-35-24)34-25-18(11-33-37(25)22(20)27)14-2-5-19(30-10-14)23-28-6-7-29-23/h2,5-7,10-12,15-17H,3-4,8-9,27H2,1H3,(H,28,29)(H,31,32,35)/t15?,16-,17+. The van der Waals surface area contributed by atoms with E-state index >= 15 is 0 Å². The maximum Gasteiger partial charge on any atom is 0.292 e. The fourth-order valence-corrected chi connectivity index (χ4v) is 6.16. The number of rotatable bonds is 5. The highest BCUT2D eigenvalue weighted by Gasteiger charge is 2.45. The number of nitrogens with two attached hydrogens (primary N) is 1. The van der Waals surface area contributed by atoms with Gasteiger partial charge in [0.15, 0.2) is 17.3 Å². The lowest BCUT2D eigenvalue weighted by atomic mass is 9.85. The molecule has 2 bridgehead atoms. The van der Waals surface area contributed by atoms with Crippen molar-refractivity contribution >= 4 is 23.2 Å². The number of ketones is 1. The number of Topliss-reactive ketones (excluding diaryl/α,β-unsaturated/α-hetero) is 1. The number of hydrogen-bond donors (Lipinski definition) is 3. The van der Waals surface area contributed by atoms with E-state index in [0.717, 1.165) is 29.7 Å². The Morgan fingerprint density at radius 1 is 1.08 bits per heavy atom. The van der Waals surface area contributed by atoms with Gasteiger partial charge in [0, 0.05) is 47.7 Å². The van der Waals surface area contributed by atoms with E-state index in [1.165, 1.54) is 17.8 Å². The van der Waals surface area contributed by atoms with E-state index in [1.807, 2.05) is 17.0 Å². The Morgan fingerprint density at radius 2 is 1.90 bits per heavy atom. The fraction of sp³-hybridized carbons (Fsp3) is 0.308. The van der Waals surface area contributed by atoms with E-state index in [4.69, 9.17) is 10.7 Å². The Hall–Kier alpha value is -4.94. The number of imidazole rings is 1. The van der Waals surface area contributed by atoms with Crippen molar-refractivity contribution < 1.29 is 9.59 Å². The van der Waals surface area contributed by atoms with Crippen molar-refractivity contribution in [1.82, 2.24) is 49.6 Å². The molecule has 0 radical (unpaired) electrons. The largest absolute Gasteiger partial charge is 0.383 e. The van der Waals surface area contributed by atoms with Crippen LogP contribution in [-0.2, 0) is 0 Å². The molecule has 13 heteroatoms. The molecule has 4 N–H and O–H groups in total. The number of hydrogen-bond acceptors (Lipinski definition) is 9. The van der Waals surface area contributed by atoms with Crippen LogP contribution in [0.2, 0.25) is 0 Å². The van der Waals surface area contributed by atoms with Gasteiger partial charge in [0.1, 0.15) is 17.8 Å². The van der Waals surface area contributed by atoms with Crippen LogP contribution in [-0.4, -0.2) is 73.4 Å². The lowest BCUT2D eigenvalue weighted by Gasteiger charge is -2.38. The molecule has 196 valence electrons. The monoisotopic (exact) mass is 523 g/mol. The fourth-order valence-electron chi connectivity index (χ4n) is 6.16. The summed E-state index contributed by atoms with van der Waals surface area (Å²) in [6, 6.07) is 3.86. The number of carbonyl (C=O) groups is 2. The van der Waals surface area contributed by atoms with Gasteiger partial charge in [-0.05, 0) is 38.7 Å². The minimum absolute atomic E-state index is 0.0214. The van der Waals surface area contributed by atoms with Gasteiger partial charge in [0.2, 0.25) is 5.82 Å². The molecule has 7 rings (SSSR count). The minimum Gasteiger partial charge on any atom is -0.383 e. The summed E-state index contributed by atoms with van der Waals surface area (Å²) in [6.07, 6.45) is 11.4. The quantitative estimate of drug-likeness (QED) is 0.292. The van der Waals surface area contributed by atoms with Gasteiger partial charge in [-0.2, -0.15) is 9.61 Å². The minimum atomic E-state index is -0.161. The number of aromatic amines is 2. The van der Waals surface area contributed by atoms with E-state index < -0.39 is 0 Å². The predicted octanol–water partition coefficient (Wildman–Crippen LogP) is 2.64. The number of nitrogens with one attached hydrogen (secondary N) is 2. The van der Waals surface area contributed by atoms with Crippen molar-refractivity contribution in [2.45, 2.75) is 50.6 Å². The predicted molar refractivity (Wildman–Crippen MR) is 140 cm³/mol. The Balaban J connectivity index is 1.27. The smallest absolute Gasteiger partial charge is 0.292 e. The van der Waals surface area contributed by atoms with Gasteiger partial charge in [-0.25, -0.2) is 9.97 Å². The molecule has 3 atom stereocenters. The van der Waals surface area contributed by atoms with Crippen LogP contribution in [0.25, 0.3) is 28.3 Å². The summed E-state index contributed by atoms with van der Waals surface area (Å²) in [5, 5.41) is 12.1. The van der Waals surface area contributed by atoms with Crippen molar-refractivity contribution in [1.29, 1.82) is 0 Å². The van der Waals surface area contributed by atoms with Crippen LogP contribution in [0.1, 0.15) is 65.2 Å². The SMILES string of the molecule is CC(=O)c1c(C2C[C@H]3CC[C@@H](C2)N3C(=O)c2nnc[nH]2)nc2c(-c3ccc(-c4ncc[nH]4)nc3)cnn2c1N. The molecule has 2 fully saturated rings. The molecule has 39 heavy (non-hydrogen) atoms. The number of carbonyl (C=O) groups excluding carboxylic acids is 2. The van der Waals surface area contributed by atoms with Gasteiger partial charge in [-0.1, -0.05) is 6.07 Å². The zero-order valence-electron chi connectivity index (χ0n) is 21.1. The highest BCUT2D eigenvalue weighted by molar-refractivity contribution is 6.00. The molecule has 1 amide bonds. The molecule has 7 heterocycles. The van der Waals surface area contributed by atoms with Gasteiger partial charge in [-0.3, -0.25) is 14.6 Å². The molecule has 5 aromatic rings. The second kappa shape index (κ2) is 8.82. The highest BCUT2D eigenvalue weighted by Crippen LogP contribution is 2.45. The Bertz CT molecular complexity index is 1680. The number of nitrogen functional groups attached to an aromatic ring is 1. The molecule has 1 unspecified atom stereocenters. The maximum absolute atomic E-state index is 13.1. The lowest BCUT2D eigenvalue weighted by Crippen LogP contribution is -2.46. The van der Waals surface area contributed by atoms with Gasteiger partial charge in [-0.15, -0.1) is 10.2 Å². The molecular formula is C26H25N11O2. The number of pyridine rings is 1. The van der Waals surface area contributed by atoms with Crippen LogP contribution < -0.4 is 5.73 Å². The molecule has 13 nitrogen and oxygen atoms in total. The number of aromatic nitrogens is 9. The van der Waals surface area contributed by atoms with Crippen LogP contribution >= 0.6 is 0 Å². The number of anilines is 1. The lowest BCUT2D eigenvalue weighted by molar-refractivity contribution is 0.0556. The summed E-state index contributed by atoms with van der Waals surface area (Å²) in [7, 11) is 0. The Morgan fingerprint density at radius 3 is 2.54 bits per heavy atom. The second-order valence-corrected chi connectivity index (χ2v) is 10.1. The highest BCUT2D eigenvalue weighted by atomic mass is 16.2. The van der Waals surface area contributed by atoms with Crippen molar-refractivity contribution in [3.63, 3.8) is 0 Å². The molecule has 0 saturated carbocycles. The zero-order chi connectivity index (χ0) is 26.7. The molecule has 0 spiro atoms. The third-order valence-electron chi connectivity index (χ3n) is 7.85. The molecular weight excluding hydrogens is 498 g/mol. The first-order valence-corrected chi connectivity index (χ1v) is 12.8. The normalized spacial score (nSPS) is 20.5. The number of amides is 1. The van der Waals surface area contributed by atoms with Crippen LogP contribution in [0.5, 0.6) is 0 Å². The van der Waals surface area contributed by atoms with Gasteiger partial charge >= 0.3 is 0 Å². The van der Waals surface area contributed by atoms with Crippen molar-refractivity contribution in [2.24, 2.45) is 0 Å². The van der Waals surface area contributed by atoms with Crippen LogP contribution in [0.15, 0.2) is 43.2 Å². The summed E-state index contributed by atoms with van der Waals surface area (Å²) in [4.78, 5) is 47.6. The average Bonchev–Trinajstić information content (AvgIpc) is 3.75. The van der Waals surface area contributed by atoms with Crippen molar-refractivity contribution in [3.8, 4) is 22.6 Å². The number of nitrogens with zero attached hydrogens (tertiary/aromatic N) is 8. The van der Waals surface area contributed by atoms with Crippen molar-refractivity contribution in [3.05, 3.63) is 60.3 Å². The first-order valence-electron chi connectivity index (χ1n) is 12.8. The summed E-state index contributed by atoms with van der Waals surface area (Å²) in [6.45, 7) is 1.50. The first kappa shape index (κ1) is 23.2. The van der Waals surface area contributed by atoms with E-state index in [1.54, 1.807) is 24.8 Å². The first-order chi connectivity index (χ1) is 19.0. The molecule has 2 saturated heterocycles. The van der Waals surface area contributed by atoms with E-state index in [0.29, 0.717) is 35.6 Å². The number of piperidine rings is 1.